The summed E-state index contributed by atoms with van der Waals surface area (Å²) in [5, 5.41) is 3.25. The summed E-state index contributed by atoms with van der Waals surface area (Å²) in [7, 11) is 0. The van der Waals surface area contributed by atoms with Crippen LogP contribution in [0.1, 0.15) is 19.4 Å². The van der Waals surface area contributed by atoms with Crippen LogP contribution >= 0.6 is 15.9 Å². The highest BCUT2D eigenvalue weighted by Crippen LogP contribution is 2.19. The van der Waals surface area contributed by atoms with Crippen LogP contribution in [0.25, 0.3) is 0 Å². The smallest absolute Gasteiger partial charge is 0.124 e. The van der Waals surface area contributed by atoms with E-state index in [0.29, 0.717) is 6.54 Å². The van der Waals surface area contributed by atoms with E-state index in [-0.39, 0.29) is 11.9 Å². The van der Waals surface area contributed by atoms with Crippen molar-refractivity contribution in [3.63, 3.8) is 0 Å². The van der Waals surface area contributed by atoms with Crippen molar-refractivity contribution in [2.24, 2.45) is 0 Å². The third-order valence-electron chi connectivity index (χ3n) is 2.65. The monoisotopic (exact) mass is 337 g/mol. The molecule has 106 valence electrons. The highest BCUT2D eigenvalue weighted by molar-refractivity contribution is 9.10. The summed E-state index contributed by atoms with van der Waals surface area (Å²) in [5.74, 6) is 0.607. The molecule has 0 spiro atoms. The number of halogens is 2. The molecule has 0 unspecified atom stereocenters. The van der Waals surface area contributed by atoms with E-state index in [2.05, 4.69) is 21.2 Å². The van der Waals surface area contributed by atoms with Gasteiger partial charge in [0.15, 0.2) is 0 Å². The molecular formula is C16H17BrFNO. The van der Waals surface area contributed by atoms with Crippen LogP contribution in [0.5, 0.6) is 5.75 Å². The molecule has 0 saturated heterocycles. The standard InChI is InChI=1S/C16H17BrFNO/c1-11(2)20-16-5-3-15(4-6-16)19-10-12-7-13(17)9-14(18)8-12/h3-9,11,19H,10H2,1-2H3. The minimum absolute atomic E-state index is 0.165. The second-order valence-corrected chi connectivity index (χ2v) is 5.74. The van der Waals surface area contributed by atoms with E-state index in [1.807, 2.05) is 44.2 Å². The Morgan fingerprint density at radius 2 is 1.85 bits per heavy atom. The van der Waals surface area contributed by atoms with Crippen molar-refractivity contribution in [3.05, 3.63) is 58.3 Å². The zero-order valence-electron chi connectivity index (χ0n) is 11.5. The van der Waals surface area contributed by atoms with Gasteiger partial charge in [-0.2, -0.15) is 0 Å². The molecule has 0 bridgehead atoms. The first kappa shape index (κ1) is 14.9. The number of hydrogen-bond acceptors (Lipinski definition) is 2. The molecule has 0 fully saturated rings. The normalized spacial score (nSPS) is 10.7. The van der Waals surface area contributed by atoms with Gasteiger partial charge >= 0.3 is 0 Å². The van der Waals surface area contributed by atoms with E-state index < -0.39 is 0 Å². The number of rotatable bonds is 5. The Labute approximate surface area is 127 Å². The number of ether oxygens (including phenoxy) is 1. The lowest BCUT2D eigenvalue weighted by Crippen LogP contribution is -2.05. The average Bonchev–Trinajstić information content (AvgIpc) is 2.36. The molecule has 4 heteroatoms. The zero-order valence-corrected chi connectivity index (χ0v) is 13.1. The first-order chi connectivity index (χ1) is 9.52. The van der Waals surface area contributed by atoms with Gasteiger partial charge in [0.05, 0.1) is 6.10 Å². The van der Waals surface area contributed by atoms with Gasteiger partial charge in [-0.05, 0) is 61.9 Å². The largest absolute Gasteiger partial charge is 0.491 e. The van der Waals surface area contributed by atoms with Gasteiger partial charge in [0.1, 0.15) is 11.6 Å². The first-order valence-corrected chi connectivity index (χ1v) is 7.28. The van der Waals surface area contributed by atoms with Crippen LogP contribution in [0, 0.1) is 5.82 Å². The molecule has 0 aromatic heterocycles. The van der Waals surface area contributed by atoms with Crippen molar-refractivity contribution >= 4 is 21.6 Å². The van der Waals surface area contributed by atoms with Gasteiger partial charge in [-0.15, -0.1) is 0 Å². The molecule has 2 aromatic rings. The molecule has 0 aliphatic rings. The Morgan fingerprint density at radius 1 is 1.15 bits per heavy atom. The van der Waals surface area contributed by atoms with E-state index in [1.54, 1.807) is 0 Å². The Hall–Kier alpha value is -1.55. The fourth-order valence-corrected chi connectivity index (χ4v) is 2.35. The van der Waals surface area contributed by atoms with Gasteiger partial charge in [0.2, 0.25) is 0 Å². The van der Waals surface area contributed by atoms with Gasteiger partial charge in [0.25, 0.3) is 0 Å². The van der Waals surface area contributed by atoms with Gasteiger partial charge in [-0.25, -0.2) is 4.39 Å². The Bertz CT molecular complexity index is 549. The third-order valence-corrected chi connectivity index (χ3v) is 3.10. The van der Waals surface area contributed by atoms with E-state index in [0.717, 1.165) is 21.5 Å². The summed E-state index contributed by atoms with van der Waals surface area (Å²) in [6, 6.07) is 12.6. The van der Waals surface area contributed by atoms with Crippen LogP contribution in [0.15, 0.2) is 46.9 Å². The molecule has 20 heavy (non-hydrogen) atoms. The minimum atomic E-state index is -0.239. The second kappa shape index (κ2) is 6.75. The lowest BCUT2D eigenvalue weighted by Gasteiger charge is -2.11. The fraction of sp³-hybridized carbons (Fsp3) is 0.250. The number of hydrogen-bond donors (Lipinski definition) is 1. The van der Waals surface area contributed by atoms with Crippen molar-refractivity contribution in [2.75, 3.05) is 5.32 Å². The second-order valence-electron chi connectivity index (χ2n) is 4.82. The number of anilines is 1. The van der Waals surface area contributed by atoms with E-state index >= 15 is 0 Å². The average molecular weight is 338 g/mol. The molecule has 2 nitrogen and oxygen atoms in total. The number of benzene rings is 2. The maximum atomic E-state index is 13.3. The van der Waals surface area contributed by atoms with Crippen LogP contribution in [-0.2, 0) is 6.54 Å². The van der Waals surface area contributed by atoms with E-state index in [9.17, 15) is 4.39 Å². The maximum absolute atomic E-state index is 13.3. The fourth-order valence-electron chi connectivity index (χ4n) is 1.84. The van der Waals surface area contributed by atoms with Crippen molar-refractivity contribution < 1.29 is 9.13 Å². The topological polar surface area (TPSA) is 21.3 Å². The molecule has 0 aliphatic carbocycles. The van der Waals surface area contributed by atoms with Crippen molar-refractivity contribution in [3.8, 4) is 5.75 Å². The Balaban J connectivity index is 1.96. The summed E-state index contributed by atoms with van der Waals surface area (Å²) in [4.78, 5) is 0. The predicted molar refractivity (Wildman–Crippen MR) is 83.6 cm³/mol. The molecule has 0 saturated carbocycles. The van der Waals surface area contributed by atoms with Crippen LogP contribution < -0.4 is 10.1 Å². The van der Waals surface area contributed by atoms with Crippen LogP contribution in [0.3, 0.4) is 0 Å². The number of nitrogens with one attached hydrogen (secondary N) is 1. The van der Waals surface area contributed by atoms with Crippen LogP contribution in [0.2, 0.25) is 0 Å². The Morgan fingerprint density at radius 3 is 2.45 bits per heavy atom. The molecule has 2 aromatic carbocycles. The van der Waals surface area contributed by atoms with Crippen molar-refractivity contribution in [2.45, 2.75) is 26.5 Å². The lowest BCUT2D eigenvalue weighted by molar-refractivity contribution is 0.242. The molecule has 0 radical (unpaired) electrons. The SMILES string of the molecule is CC(C)Oc1ccc(NCc2cc(F)cc(Br)c2)cc1. The zero-order chi connectivity index (χ0) is 14.5. The van der Waals surface area contributed by atoms with Crippen LogP contribution in [-0.4, -0.2) is 6.10 Å². The lowest BCUT2D eigenvalue weighted by atomic mass is 10.2. The molecule has 1 N–H and O–H groups in total. The summed E-state index contributed by atoms with van der Waals surface area (Å²) in [6.45, 7) is 4.56. The highest BCUT2D eigenvalue weighted by atomic mass is 79.9. The van der Waals surface area contributed by atoms with E-state index in [1.165, 1.54) is 12.1 Å². The molecule has 2 rings (SSSR count). The summed E-state index contributed by atoms with van der Waals surface area (Å²) >= 11 is 3.29. The third kappa shape index (κ3) is 4.53. The Kier molecular flexibility index (Phi) is 5.01. The summed E-state index contributed by atoms with van der Waals surface area (Å²) < 4.78 is 19.6. The van der Waals surface area contributed by atoms with Crippen LogP contribution in [0.4, 0.5) is 10.1 Å². The quantitative estimate of drug-likeness (QED) is 0.829. The molecule has 0 heterocycles. The van der Waals surface area contributed by atoms with Crippen molar-refractivity contribution in [1.29, 1.82) is 0 Å². The molecule has 0 aliphatic heterocycles. The van der Waals surface area contributed by atoms with Gasteiger partial charge in [-0.3, -0.25) is 0 Å². The molecular weight excluding hydrogens is 321 g/mol. The summed E-state index contributed by atoms with van der Waals surface area (Å²) in [5.41, 5.74) is 1.86. The van der Waals surface area contributed by atoms with Gasteiger partial charge in [-0.1, -0.05) is 15.9 Å². The first-order valence-electron chi connectivity index (χ1n) is 6.48. The van der Waals surface area contributed by atoms with Gasteiger partial charge in [0, 0.05) is 16.7 Å². The summed E-state index contributed by atoms with van der Waals surface area (Å²) in [6.07, 6.45) is 0.165. The predicted octanol–water partition coefficient (Wildman–Crippen LogP) is 4.99. The highest BCUT2D eigenvalue weighted by Gasteiger charge is 2.01. The van der Waals surface area contributed by atoms with E-state index in [4.69, 9.17) is 4.74 Å². The minimum Gasteiger partial charge on any atom is -0.491 e. The maximum Gasteiger partial charge on any atom is 0.124 e. The van der Waals surface area contributed by atoms with Gasteiger partial charge < -0.3 is 10.1 Å². The molecule has 0 atom stereocenters. The molecule has 0 amide bonds. The van der Waals surface area contributed by atoms with Crippen molar-refractivity contribution in [1.82, 2.24) is 0 Å².